The van der Waals surface area contributed by atoms with Gasteiger partial charge in [-0.2, -0.15) is 0 Å². The number of rotatable bonds is 5. The van der Waals surface area contributed by atoms with E-state index < -0.39 is 4.92 Å². The topological polar surface area (TPSA) is 74.5 Å². The molecule has 2 aromatic rings. The minimum absolute atomic E-state index is 0.0153. The van der Waals surface area contributed by atoms with Crippen LogP contribution >= 0.6 is 0 Å². The zero-order valence-corrected chi connectivity index (χ0v) is 12.7. The van der Waals surface area contributed by atoms with Crippen molar-refractivity contribution in [3.8, 4) is 17.4 Å². The Morgan fingerprint density at radius 2 is 1.74 bits per heavy atom. The molecule has 0 unspecified atom stereocenters. The number of hydrogen-bond donors (Lipinski definition) is 0. The Morgan fingerprint density at radius 1 is 1.04 bits per heavy atom. The van der Waals surface area contributed by atoms with E-state index in [0.29, 0.717) is 5.75 Å². The fraction of sp³-hybridized carbons (Fsp3) is 0.353. The van der Waals surface area contributed by atoms with E-state index in [1.807, 2.05) is 12.1 Å². The van der Waals surface area contributed by atoms with Crippen LogP contribution in [0.1, 0.15) is 32.1 Å². The number of aromatic nitrogens is 1. The molecule has 0 spiro atoms. The van der Waals surface area contributed by atoms with Crippen molar-refractivity contribution in [2.75, 3.05) is 0 Å². The van der Waals surface area contributed by atoms with Crippen LogP contribution in [0.25, 0.3) is 0 Å². The molecule has 6 heteroatoms. The average Bonchev–Trinajstić information content (AvgIpc) is 2.58. The lowest BCUT2D eigenvalue weighted by Crippen LogP contribution is -2.19. The number of nitro groups is 1. The fourth-order valence-electron chi connectivity index (χ4n) is 2.67. The first-order chi connectivity index (χ1) is 11.2. The Balaban J connectivity index is 1.67. The summed E-state index contributed by atoms with van der Waals surface area (Å²) in [7, 11) is 0. The van der Waals surface area contributed by atoms with Gasteiger partial charge in [-0.05, 0) is 56.0 Å². The average molecular weight is 314 g/mol. The molecule has 0 radical (unpaired) electrons. The van der Waals surface area contributed by atoms with E-state index in [1.165, 1.54) is 37.6 Å². The Hall–Kier alpha value is -2.63. The first kappa shape index (κ1) is 15.3. The fourth-order valence-corrected chi connectivity index (χ4v) is 2.67. The van der Waals surface area contributed by atoms with Gasteiger partial charge < -0.3 is 9.47 Å². The maximum Gasteiger partial charge on any atom is 0.331 e. The van der Waals surface area contributed by atoms with E-state index in [9.17, 15) is 10.1 Å². The van der Waals surface area contributed by atoms with Crippen LogP contribution < -0.4 is 9.47 Å². The summed E-state index contributed by atoms with van der Waals surface area (Å²) >= 11 is 0. The Labute approximate surface area is 134 Å². The molecule has 1 fully saturated rings. The van der Waals surface area contributed by atoms with E-state index in [1.54, 1.807) is 12.1 Å². The zero-order chi connectivity index (χ0) is 16.1. The third-order valence-corrected chi connectivity index (χ3v) is 3.84. The molecule has 0 atom stereocenters. The SMILES string of the molecule is O=[N+]([O-])c1cccnc1Oc1ccc(OC2CCCCC2)cc1. The summed E-state index contributed by atoms with van der Waals surface area (Å²) in [5, 5.41) is 11.0. The number of hydrogen-bond acceptors (Lipinski definition) is 5. The first-order valence-electron chi connectivity index (χ1n) is 7.76. The van der Waals surface area contributed by atoms with Crippen molar-refractivity contribution in [2.24, 2.45) is 0 Å². The van der Waals surface area contributed by atoms with E-state index in [2.05, 4.69) is 4.98 Å². The van der Waals surface area contributed by atoms with Crippen molar-refractivity contribution in [3.05, 3.63) is 52.7 Å². The summed E-state index contributed by atoms with van der Waals surface area (Å²) in [5.74, 6) is 1.26. The van der Waals surface area contributed by atoms with Gasteiger partial charge in [0.25, 0.3) is 5.88 Å². The summed E-state index contributed by atoms with van der Waals surface area (Å²) in [4.78, 5) is 14.4. The molecule has 1 aromatic carbocycles. The van der Waals surface area contributed by atoms with E-state index in [4.69, 9.17) is 9.47 Å². The van der Waals surface area contributed by atoms with Crippen LogP contribution in [0.5, 0.6) is 17.4 Å². The highest BCUT2D eigenvalue weighted by atomic mass is 16.6. The van der Waals surface area contributed by atoms with Gasteiger partial charge in [0.05, 0.1) is 11.0 Å². The van der Waals surface area contributed by atoms with Crippen molar-refractivity contribution in [2.45, 2.75) is 38.2 Å². The first-order valence-corrected chi connectivity index (χ1v) is 7.76. The lowest BCUT2D eigenvalue weighted by Gasteiger charge is -2.23. The quantitative estimate of drug-likeness (QED) is 0.600. The molecule has 23 heavy (non-hydrogen) atoms. The van der Waals surface area contributed by atoms with Gasteiger partial charge in [-0.3, -0.25) is 10.1 Å². The normalized spacial score (nSPS) is 15.1. The molecule has 1 aliphatic carbocycles. The number of pyridine rings is 1. The van der Waals surface area contributed by atoms with Crippen molar-refractivity contribution < 1.29 is 14.4 Å². The van der Waals surface area contributed by atoms with Gasteiger partial charge >= 0.3 is 5.69 Å². The molecule has 1 saturated carbocycles. The molecule has 120 valence electrons. The van der Waals surface area contributed by atoms with Crippen molar-refractivity contribution in [3.63, 3.8) is 0 Å². The van der Waals surface area contributed by atoms with Crippen molar-refractivity contribution >= 4 is 5.69 Å². The van der Waals surface area contributed by atoms with Gasteiger partial charge in [-0.25, -0.2) is 4.98 Å². The minimum atomic E-state index is -0.511. The standard InChI is InChI=1S/C17H18N2O4/c20-19(21)16-7-4-12-18-17(16)23-15-10-8-14(9-11-15)22-13-5-2-1-3-6-13/h4,7-13H,1-3,5-6H2. The van der Waals surface area contributed by atoms with Gasteiger partial charge in [0.2, 0.25) is 0 Å². The molecule has 0 N–H and O–H groups in total. The highest BCUT2D eigenvalue weighted by Gasteiger charge is 2.17. The number of nitrogens with zero attached hydrogens (tertiary/aromatic N) is 2. The van der Waals surface area contributed by atoms with Crippen LogP contribution in [0.2, 0.25) is 0 Å². The highest BCUT2D eigenvalue weighted by molar-refractivity contribution is 5.43. The third-order valence-electron chi connectivity index (χ3n) is 3.84. The second-order valence-electron chi connectivity index (χ2n) is 5.54. The number of benzene rings is 1. The molecule has 0 saturated heterocycles. The predicted molar refractivity (Wildman–Crippen MR) is 84.9 cm³/mol. The van der Waals surface area contributed by atoms with Crippen LogP contribution in [-0.4, -0.2) is 16.0 Å². The number of ether oxygens (including phenoxy) is 2. The second-order valence-corrected chi connectivity index (χ2v) is 5.54. The molecule has 1 heterocycles. The lowest BCUT2D eigenvalue weighted by molar-refractivity contribution is -0.386. The predicted octanol–water partition coefficient (Wildman–Crippen LogP) is 4.49. The van der Waals surface area contributed by atoms with Gasteiger partial charge in [-0.1, -0.05) is 6.42 Å². The molecule has 6 nitrogen and oxygen atoms in total. The van der Waals surface area contributed by atoms with Crippen molar-refractivity contribution in [1.29, 1.82) is 0 Å². The van der Waals surface area contributed by atoms with E-state index in [0.717, 1.165) is 18.6 Å². The summed E-state index contributed by atoms with van der Waals surface area (Å²) in [6.45, 7) is 0. The maximum absolute atomic E-state index is 11.0. The Bertz CT molecular complexity index is 667. The molecular formula is C17H18N2O4. The summed E-state index contributed by atoms with van der Waals surface area (Å²) in [6.07, 6.45) is 7.66. The molecule has 1 aliphatic rings. The lowest BCUT2D eigenvalue weighted by atomic mass is 9.98. The largest absolute Gasteiger partial charge is 0.490 e. The smallest absolute Gasteiger partial charge is 0.331 e. The Kier molecular flexibility index (Phi) is 4.71. The summed E-state index contributed by atoms with van der Waals surface area (Å²) in [5.41, 5.74) is -0.157. The van der Waals surface area contributed by atoms with Gasteiger partial charge in [-0.15, -0.1) is 0 Å². The van der Waals surface area contributed by atoms with Gasteiger partial charge in [0, 0.05) is 12.3 Å². The van der Waals surface area contributed by atoms with Crippen LogP contribution in [-0.2, 0) is 0 Å². The molecule has 1 aromatic heterocycles. The van der Waals surface area contributed by atoms with Crippen LogP contribution in [0.15, 0.2) is 42.6 Å². The Morgan fingerprint density at radius 3 is 2.43 bits per heavy atom. The van der Waals surface area contributed by atoms with E-state index in [-0.39, 0.29) is 17.7 Å². The molecule has 3 rings (SSSR count). The van der Waals surface area contributed by atoms with E-state index >= 15 is 0 Å². The minimum Gasteiger partial charge on any atom is -0.490 e. The van der Waals surface area contributed by atoms with Gasteiger partial charge in [0.15, 0.2) is 0 Å². The zero-order valence-electron chi connectivity index (χ0n) is 12.7. The molecular weight excluding hydrogens is 296 g/mol. The summed E-state index contributed by atoms with van der Waals surface area (Å²) < 4.78 is 11.5. The molecule has 0 bridgehead atoms. The highest BCUT2D eigenvalue weighted by Crippen LogP contribution is 2.30. The van der Waals surface area contributed by atoms with Crippen LogP contribution in [0.4, 0.5) is 5.69 Å². The van der Waals surface area contributed by atoms with Gasteiger partial charge in [0.1, 0.15) is 11.5 Å². The van der Waals surface area contributed by atoms with Crippen LogP contribution in [0, 0.1) is 10.1 Å². The maximum atomic E-state index is 11.0. The van der Waals surface area contributed by atoms with Crippen molar-refractivity contribution in [1.82, 2.24) is 4.98 Å². The monoisotopic (exact) mass is 314 g/mol. The third kappa shape index (κ3) is 3.97. The van der Waals surface area contributed by atoms with Crippen LogP contribution in [0.3, 0.4) is 0 Å². The molecule has 0 amide bonds. The second kappa shape index (κ2) is 7.09. The summed E-state index contributed by atoms with van der Waals surface area (Å²) in [6, 6.07) is 9.97. The molecule has 0 aliphatic heterocycles.